The number of hydrogen-bond acceptors (Lipinski definition) is 4. The summed E-state index contributed by atoms with van der Waals surface area (Å²) in [5.41, 5.74) is 0.346. The Labute approximate surface area is 143 Å². The van der Waals surface area contributed by atoms with Gasteiger partial charge in [0.05, 0.1) is 0 Å². The van der Waals surface area contributed by atoms with Crippen LogP contribution in [0.4, 0.5) is 0 Å². The van der Waals surface area contributed by atoms with Gasteiger partial charge in [0.2, 0.25) is 0 Å². The summed E-state index contributed by atoms with van der Waals surface area (Å²) >= 11 is 0. The van der Waals surface area contributed by atoms with E-state index in [4.69, 9.17) is 0 Å². The number of hydrogen-bond donors (Lipinski definition) is 1. The second-order valence-corrected chi connectivity index (χ2v) is 5.94. The van der Waals surface area contributed by atoms with Crippen molar-refractivity contribution in [2.24, 2.45) is 14.1 Å². The summed E-state index contributed by atoms with van der Waals surface area (Å²) in [6.45, 7) is 11.3. The molecule has 2 aromatic rings. The highest BCUT2D eigenvalue weighted by Crippen LogP contribution is 2.10. The van der Waals surface area contributed by atoms with E-state index in [1.165, 1.54) is 37.5 Å². The highest BCUT2D eigenvalue weighted by Gasteiger charge is 2.16. The Hall–Kier alpha value is -1.89. The molecule has 0 aliphatic carbocycles. The van der Waals surface area contributed by atoms with Crippen LogP contribution in [0.5, 0.6) is 0 Å². The van der Waals surface area contributed by atoms with E-state index in [0.717, 1.165) is 23.4 Å². The first-order valence-electron chi connectivity index (χ1n) is 8.74. The first kappa shape index (κ1) is 20.2. The van der Waals surface area contributed by atoms with Crippen molar-refractivity contribution in [3.8, 4) is 0 Å². The lowest BCUT2D eigenvalue weighted by Gasteiger charge is -2.06. The molecule has 0 aromatic carbocycles. The Morgan fingerprint density at radius 3 is 2.04 bits per heavy atom. The molecule has 24 heavy (non-hydrogen) atoms. The summed E-state index contributed by atoms with van der Waals surface area (Å²) in [7, 11) is 3.12. The number of aromatic nitrogens is 4. The maximum atomic E-state index is 12.1. The first-order valence-corrected chi connectivity index (χ1v) is 8.74. The van der Waals surface area contributed by atoms with Crippen molar-refractivity contribution < 1.29 is 0 Å². The van der Waals surface area contributed by atoms with E-state index in [0.29, 0.717) is 11.2 Å². The largest absolute Gasteiger partial charge is 0.332 e. The third kappa shape index (κ3) is 4.35. The average Bonchev–Trinajstić information content (AvgIpc) is 2.89. The molecule has 0 saturated heterocycles. The molecule has 7 heteroatoms. The van der Waals surface area contributed by atoms with Crippen molar-refractivity contribution in [1.82, 2.24) is 24.0 Å². The van der Waals surface area contributed by atoms with Gasteiger partial charge in [-0.1, -0.05) is 20.8 Å². The van der Waals surface area contributed by atoms with Crippen molar-refractivity contribution in [2.45, 2.75) is 53.5 Å². The standard InChI is InChI=1S/C11H16N4O2.C6H15N/c1-5-6-15-7(2)12-9-8(15)10(16)14(4)11(17)13(9)3;1-3-5-7-6-4-2/h5-6H2,1-4H3;7H,3-6H2,1-2H3. The molecule has 0 aliphatic rings. The number of rotatable bonds is 6. The number of nitrogens with one attached hydrogen (secondary N) is 1. The monoisotopic (exact) mass is 337 g/mol. The maximum Gasteiger partial charge on any atom is 0.332 e. The van der Waals surface area contributed by atoms with Crippen molar-refractivity contribution in [2.75, 3.05) is 13.1 Å². The fourth-order valence-corrected chi connectivity index (χ4v) is 2.53. The zero-order valence-corrected chi connectivity index (χ0v) is 15.8. The van der Waals surface area contributed by atoms with Crippen LogP contribution >= 0.6 is 0 Å². The summed E-state index contributed by atoms with van der Waals surface area (Å²) in [5.74, 6) is 0.764. The lowest BCUT2D eigenvalue weighted by atomic mass is 10.4. The van der Waals surface area contributed by atoms with E-state index in [1.807, 2.05) is 18.4 Å². The molecular weight excluding hydrogens is 306 g/mol. The second kappa shape index (κ2) is 9.42. The fourth-order valence-electron chi connectivity index (χ4n) is 2.53. The van der Waals surface area contributed by atoms with Gasteiger partial charge >= 0.3 is 5.69 Å². The van der Waals surface area contributed by atoms with E-state index in [-0.39, 0.29) is 11.2 Å². The molecule has 136 valence electrons. The Morgan fingerprint density at radius 2 is 1.54 bits per heavy atom. The highest BCUT2D eigenvalue weighted by atomic mass is 16.2. The van der Waals surface area contributed by atoms with Gasteiger partial charge in [-0.2, -0.15) is 0 Å². The SMILES string of the molecule is CCCNCCC.CCCn1c(C)nc2c1c(=O)n(C)c(=O)n2C. The van der Waals surface area contributed by atoms with Gasteiger partial charge in [-0.3, -0.25) is 13.9 Å². The van der Waals surface area contributed by atoms with Crippen LogP contribution in [0.2, 0.25) is 0 Å². The predicted octanol–water partition coefficient (Wildman–Crippen LogP) is 1.55. The van der Waals surface area contributed by atoms with E-state index < -0.39 is 0 Å². The zero-order chi connectivity index (χ0) is 18.3. The predicted molar refractivity (Wildman–Crippen MR) is 98.7 cm³/mol. The van der Waals surface area contributed by atoms with Gasteiger partial charge in [0.1, 0.15) is 5.82 Å². The van der Waals surface area contributed by atoms with Gasteiger partial charge in [-0.15, -0.1) is 0 Å². The van der Waals surface area contributed by atoms with E-state index in [9.17, 15) is 9.59 Å². The highest BCUT2D eigenvalue weighted by molar-refractivity contribution is 5.70. The minimum atomic E-state index is -0.344. The van der Waals surface area contributed by atoms with Crippen LogP contribution < -0.4 is 16.6 Å². The summed E-state index contributed by atoms with van der Waals surface area (Å²) < 4.78 is 4.41. The van der Waals surface area contributed by atoms with Crippen LogP contribution in [0.1, 0.15) is 45.9 Å². The molecule has 1 N–H and O–H groups in total. The molecule has 2 aromatic heterocycles. The van der Waals surface area contributed by atoms with Crippen molar-refractivity contribution >= 4 is 11.2 Å². The summed E-state index contributed by atoms with van der Waals surface area (Å²) in [5, 5.41) is 3.28. The smallest absolute Gasteiger partial charge is 0.322 e. The van der Waals surface area contributed by atoms with Crippen LogP contribution in [0, 0.1) is 6.92 Å². The number of fused-ring (bicyclic) bond motifs is 1. The normalized spacial score (nSPS) is 10.8. The van der Waals surface area contributed by atoms with Gasteiger partial charge in [0, 0.05) is 20.6 Å². The number of imidazole rings is 1. The Balaban J connectivity index is 0.000000351. The van der Waals surface area contributed by atoms with Crippen LogP contribution in [0.3, 0.4) is 0 Å². The van der Waals surface area contributed by atoms with E-state index in [2.05, 4.69) is 24.1 Å². The van der Waals surface area contributed by atoms with Gasteiger partial charge in [-0.25, -0.2) is 9.78 Å². The van der Waals surface area contributed by atoms with Gasteiger partial charge in [0.15, 0.2) is 11.2 Å². The van der Waals surface area contributed by atoms with Crippen LogP contribution in [0.15, 0.2) is 9.59 Å². The lowest BCUT2D eigenvalue weighted by molar-refractivity contribution is 0.662. The molecule has 7 nitrogen and oxygen atoms in total. The lowest BCUT2D eigenvalue weighted by Crippen LogP contribution is -2.37. The second-order valence-electron chi connectivity index (χ2n) is 5.94. The van der Waals surface area contributed by atoms with Crippen LogP contribution in [-0.2, 0) is 20.6 Å². The number of nitrogens with zero attached hydrogens (tertiary/aromatic N) is 4. The minimum absolute atomic E-state index is 0.280. The molecule has 0 unspecified atom stereocenters. The molecule has 0 spiro atoms. The Bertz CT molecular complexity index is 766. The molecule has 0 aliphatic heterocycles. The molecule has 2 heterocycles. The molecule has 2 rings (SSSR count). The zero-order valence-electron chi connectivity index (χ0n) is 15.8. The Morgan fingerprint density at radius 1 is 0.958 bits per heavy atom. The average molecular weight is 337 g/mol. The first-order chi connectivity index (χ1) is 11.4. The molecule has 0 atom stereocenters. The molecule has 0 bridgehead atoms. The van der Waals surface area contributed by atoms with Crippen LogP contribution in [-0.4, -0.2) is 31.8 Å². The topological polar surface area (TPSA) is 73.8 Å². The third-order valence-corrected chi connectivity index (χ3v) is 3.84. The molecule has 0 radical (unpaired) electrons. The number of aryl methyl sites for hydroxylation is 3. The van der Waals surface area contributed by atoms with Crippen molar-refractivity contribution in [1.29, 1.82) is 0 Å². The molecule has 0 fully saturated rings. The van der Waals surface area contributed by atoms with Gasteiger partial charge < -0.3 is 9.88 Å². The minimum Gasteiger partial charge on any atom is -0.322 e. The third-order valence-electron chi connectivity index (χ3n) is 3.84. The maximum absolute atomic E-state index is 12.1. The Kier molecular flexibility index (Phi) is 7.91. The summed E-state index contributed by atoms with van der Waals surface area (Å²) in [6.07, 6.45) is 3.41. The van der Waals surface area contributed by atoms with Crippen LogP contribution in [0.25, 0.3) is 11.2 Å². The van der Waals surface area contributed by atoms with Crippen molar-refractivity contribution in [3.05, 3.63) is 26.7 Å². The molecule has 0 amide bonds. The van der Waals surface area contributed by atoms with E-state index in [1.54, 1.807) is 7.05 Å². The van der Waals surface area contributed by atoms with Gasteiger partial charge in [-0.05, 0) is 39.3 Å². The molecular formula is C17H31N5O2. The van der Waals surface area contributed by atoms with E-state index >= 15 is 0 Å². The quantitative estimate of drug-likeness (QED) is 0.812. The van der Waals surface area contributed by atoms with Crippen molar-refractivity contribution in [3.63, 3.8) is 0 Å². The fraction of sp³-hybridized carbons (Fsp3) is 0.706. The summed E-state index contributed by atoms with van der Waals surface area (Å²) in [4.78, 5) is 28.2. The molecule has 0 saturated carbocycles. The van der Waals surface area contributed by atoms with Gasteiger partial charge in [0.25, 0.3) is 5.56 Å². The summed E-state index contributed by atoms with van der Waals surface area (Å²) in [6, 6.07) is 0.